The van der Waals surface area contributed by atoms with Crippen LogP contribution in [0.1, 0.15) is 17.3 Å². The van der Waals surface area contributed by atoms with Crippen LogP contribution in [-0.2, 0) is 14.3 Å². The molecule has 0 aliphatic rings. The van der Waals surface area contributed by atoms with Crippen LogP contribution >= 0.6 is 11.6 Å². The summed E-state index contributed by atoms with van der Waals surface area (Å²) in [6, 6.07) is 9.31. The third-order valence-corrected chi connectivity index (χ3v) is 2.99. The lowest BCUT2D eigenvalue weighted by molar-refractivity contribution is -0.119. The van der Waals surface area contributed by atoms with Gasteiger partial charge in [-0.3, -0.25) is 9.59 Å². The lowest BCUT2D eigenvalue weighted by Gasteiger charge is -2.08. The first kappa shape index (κ1) is 17.4. The summed E-state index contributed by atoms with van der Waals surface area (Å²) in [7, 11) is 0. The number of benzene rings is 1. The monoisotopic (exact) mass is 347 g/mol. The van der Waals surface area contributed by atoms with E-state index in [1.165, 1.54) is 25.3 Å². The van der Waals surface area contributed by atoms with Crippen LogP contribution in [0.2, 0.25) is 5.15 Å². The first-order chi connectivity index (χ1) is 11.4. The topological polar surface area (TPSA) is 97.4 Å². The molecule has 0 atom stereocenters. The molecule has 1 aromatic heterocycles. The molecule has 0 bridgehead atoms. The van der Waals surface area contributed by atoms with Gasteiger partial charge in [-0.2, -0.15) is 0 Å². The highest BCUT2D eigenvalue weighted by molar-refractivity contribution is 6.29. The van der Waals surface area contributed by atoms with Crippen molar-refractivity contribution in [3.05, 3.63) is 53.3 Å². The number of anilines is 2. The van der Waals surface area contributed by atoms with Gasteiger partial charge in [0.15, 0.2) is 6.61 Å². The second-order valence-electron chi connectivity index (χ2n) is 4.75. The van der Waals surface area contributed by atoms with Crippen LogP contribution in [0.4, 0.5) is 11.4 Å². The van der Waals surface area contributed by atoms with Crippen molar-refractivity contribution < 1.29 is 19.1 Å². The zero-order valence-electron chi connectivity index (χ0n) is 12.7. The van der Waals surface area contributed by atoms with Crippen molar-refractivity contribution in [3.8, 4) is 0 Å². The fourth-order valence-electron chi connectivity index (χ4n) is 1.78. The Kier molecular flexibility index (Phi) is 5.86. The summed E-state index contributed by atoms with van der Waals surface area (Å²) < 4.78 is 4.90. The van der Waals surface area contributed by atoms with Gasteiger partial charge >= 0.3 is 5.97 Å². The fourth-order valence-corrected chi connectivity index (χ4v) is 1.95. The quantitative estimate of drug-likeness (QED) is 0.639. The SMILES string of the molecule is CC(=O)Nc1ccc(NC(=O)COC(=O)c2ccnc(Cl)c2)cc1. The smallest absolute Gasteiger partial charge is 0.338 e. The first-order valence-corrected chi connectivity index (χ1v) is 7.28. The number of nitrogens with one attached hydrogen (secondary N) is 2. The molecule has 8 heteroatoms. The second kappa shape index (κ2) is 8.07. The molecule has 0 saturated heterocycles. The third kappa shape index (κ3) is 5.36. The van der Waals surface area contributed by atoms with Gasteiger partial charge in [0.25, 0.3) is 5.91 Å². The molecule has 0 aliphatic heterocycles. The number of aromatic nitrogens is 1. The normalized spacial score (nSPS) is 9.92. The molecule has 2 aromatic rings. The van der Waals surface area contributed by atoms with Crippen LogP contribution in [-0.4, -0.2) is 29.4 Å². The van der Waals surface area contributed by atoms with E-state index in [1.54, 1.807) is 24.3 Å². The lowest BCUT2D eigenvalue weighted by Crippen LogP contribution is -2.21. The highest BCUT2D eigenvalue weighted by Crippen LogP contribution is 2.13. The van der Waals surface area contributed by atoms with Crippen LogP contribution in [0.3, 0.4) is 0 Å². The van der Waals surface area contributed by atoms with Crippen LogP contribution in [0, 0.1) is 0 Å². The summed E-state index contributed by atoms with van der Waals surface area (Å²) in [5.74, 6) is -1.35. The highest BCUT2D eigenvalue weighted by Gasteiger charge is 2.11. The van der Waals surface area contributed by atoms with Crippen molar-refractivity contribution in [3.63, 3.8) is 0 Å². The van der Waals surface area contributed by atoms with Gasteiger partial charge in [-0.05, 0) is 36.4 Å². The number of pyridine rings is 1. The minimum absolute atomic E-state index is 0.160. The summed E-state index contributed by atoms with van der Waals surface area (Å²) in [5.41, 5.74) is 1.33. The summed E-state index contributed by atoms with van der Waals surface area (Å²) >= 11 is 5.68. The summed E-state index contributed by atoms with van der Waals surface area (Å²) in [4.78, 5) is 38.2. The Morgan fingerprint density at radius 2 is 1.71 bits per heavy atom. The number of halogens is 1. The molecule has 7 nitrogen and oxygen atoms in total. The maximum atomic E-state index is 11.8. The number of carbonyl (C=O) groups is 3. The molecule has 0 radical (unpaired) electrons. The summed E-state index contributed by atoms with van der Waals surface area (Å²) in [5, 5.41) is 5.34. The zero-order chi connectivity index (χ0) is 17.5. The first-order valence-electron chi connectivity index (χ1n) is 6.90. The number of rotatable bonds is 5. The van der Waals surface area contributed by atoms with Crippen LogP contribution in [0.5, 0.6) is 0 Å². The van der Waals surface area contributed by atoms with Crippen molar-refractivity contribution in [1.82, 2.24) is 4.98 Å². The second-order valence-corrected chi connectivity index (χ2v) is 5.14. The van der Waals surface area contributed by atoms with E-state index in [9.17, 15) is 14.4 Å². The largest absolute Gasteiger partial charge is 0.452 e. The van der Waals surface area contributed by atoms with Gasteiger partial charge in [-0.15, -0.1) is 0 Å². The summed E-state index contributed by atoms with van der Waals surface area (Å²) in [6.07, 6.45) is 1.37. The number of hydrogen-bond donors (Lipinski definition) is 2. The minimum atomic E-state index is -0.671. The number of nitrogens with zero attached hydrogens (tertiary/aromatic N) is 1. The Labute approximate surface area is 143 Å². The highest BCUT2D eigenvalue weighted by atomic mass is 35.5. The molecule has 2 N–H and O–H groups in total. The van der Waals surface area contributed by atoms with Gasteiger partial charge in [-0.1, -0.05) is 11.6 Å². The molecule has 2 amide bonds. The number of esters is 1. The number of carbonyl (C=O) groups excluding carboxylic acids is 3. The van der Waals surface area contributed by atoms with Gasteiger partial charge in [-0.25, -0.2) is 9.78 Å². The molecule has 1 aromatic carbocycles. The Morgan fingerprint density at radius 1 is 1.08 bits per heavy atom. The molecule has 0 spiro atoms. The molecule has 0 saturated carbocycles. The molecule has 124 valence electrons. The summed E-state index contributed by atoms with van der Waals surface area (Å²) in [6.45, 7) is 0.965. The van der Waals surface area contributed by atoms with Crippen LogP contribution in [0.25, 0.3) is 0 Å². The maximum absolute atomic E-state index is 11.8. The van der Waals surface area contributed by atoms with Gasteiger partial charge < -0.3 is 15.4 Å². The van der Waals surface area contributed by atoms with Crippen molar-refractivity contribution in [2.45, 2.75) is 6.92 Å². The fraction of sp³-hybridized carbons (Fsp3) is 0.125. The van der Waals surface area contributed by atoms with Gasteiger partial charge in [0.05, 0.1) is 5.56 Å². The molecule has 2 rings (SSSR count). The van der Waals surface area contributed by atoms with Crippen LogP contribution in [0.15, 0.2) is 42.6 Å². The van der Waals surface area contributed by atoms with Gasteiger partial charge in [0.1, 0.15) is 5.15 Å². The standard InChI is InChI=1S/C16H14ClN3O4/c1-10(21)19-12-2-4-13(5-3-12)20-15(22)9-24-16(23)11-6-7-18-14(17)8-11/h2-8H,9H2,1H3,(H,19,21)(H,20,22). The zero-order valence-corrected chi connectivity index (χ0v) is 13.5. The van der Waals surface area contributed by atoms with Gasteiger partial charge in [0, 0.05) is 24.5 Å². The van der Waals surface area contributed by atoms with E-state index < -0.39 is 18.5 Å². The lowest BCUT2D eigenvalue weighted by atomic mass is 10.2. The predicted molar refractivity (Wildman–Crippen MR) is 88.9 cm³/mol. The third-order valence-electron chi connectivity index (χ3n) is 2.79. The average Bonchev–Trinajstić information content (AvgIpc) is 2.54. The van der Waals surface area contributed by atoms with Crippen molar-refractivity contribution in [2.75, 3.05) is 17.2 Å². The number of hydrogen-bond acceptors (Lipinski definition) is 5. The van der Waals surface area contributed by atoms with Crippen molar-refractivity contribution >= 4 is 40.8 Å². The Morgan fingerprint density at radius 3 is 2.29 bits per heavy atom. The molecule has 0 aliphatic carbocycles. The van der Waals surface area contributed by atoms with Crippen LogP contribution < -0.4 is 10.6 Å². The Balaban J connectivity index is 1.84. The molecule has 24 heavy (non-hydrogen) atoms. The number of amides is 2. The molecule has 1 heterocycles. The van der Waals surface area contributed by atoms with E-state index in [0.29, 0.717) is 11.4 Å². The van der Waals surface area contributed by atoms with E-state index >= 15 is 0 Å². The molecule has 0 fully saturated rings. The van der Waals surface area contributed by atoms with E-state index in [4.69, 9.17) is 16.3 Å². The van der Waals surface area contributed by atoms with E-state index in [0.717, 1.165) is 0 Å². The molecular weight excluding hydrogens is 334 g/mol. The minimum Gasteiger partial charge on any atom is -0.452 e. The number of ether oxygens (including phenoxy) is 1. The average molecular weight is 348 g/mol. The van der Waals surface area contributed by atoms with Crippen molar-refractivity contribution in [1.29, 1.82) is 0 Å². The molecule has 0 unspecified atom stereocenters. The maximum Gasteiger partial charge on any atom is 0.338 e. The Hall–Kier alpha value is -2.93. The molecular formula is C16H14ClN3O4. The van der Waals surface area contributed by atoms with Crippen molar-refractivity contribution in [2.24, 2.45) is 0 Å². The van der Waals surface area contributed by atoms with E-state index in [1.807, 2.05) is 0 Å². The Bertz CT molecular complexity index is 762. The van der Waals surface area contributed by atoms with E-state index in [2.05, 4.69) is 15.6 Å². The predicted octanol–water partition coefficient (Wildman–Crippen LogP) is 2.49. The van der Waals surface area contributed by atoms with Gasteiger partial charge in [0.2, 0.25) is 5.91 Å². The van der Waals surface area contributed by atoms with E-state index in [-0.39, 0.29) is 16.6 Å².